The summed E-state index contributed by atoms with van der Waals surface area (Å²) in [7, 11) is -3.31. The number of allylic oxidation sites excluding steroid dienone is 1. The van der Waals surface area contributed by atoms with Gasteiger partial charge in [0.2, 0.25) is 0 Å². The van der Waals surface area contributed by atoms with Gasteiger partial charge < -0.3 is 9.05 Å². The zero-order chi connectivity index (χ0) is 8.74. The van der Waals surface area contributed by atoms with Crippen LogP contribution in [0, 0.1) is 25.1 Å². The van der Waals surface area contributed by atoms with Gasteiger partial charge in [0.1, 0.15) is 12.2 Å². The Labute approximate surface area is 65.9 Å². The van der Waals surface area contributed by atoms with Gasteiger partial charge in [-0.25, -0.2) is 4.57 Å². The quantitative estimate of drug-likeness (QED) is 0.365. The molecule has 0 rings (SSSR count). The highest BCUT2D eigenvalue weighted by atomic mass is 31.2. The number of hydrogen-bond acceptors (Lipinski definition) is 3. The van der Waals surface area contributed by atoms with Gasteiger partial charge in [-0.15, -0.1) is 6.58 Å². The van der Waals surface area contributed by atoms with E-state index in [0.29, 0.717) is 0 Å². The summed E-state index contributed by atoms with van der Waals surface area (Å²) < 4.78 is 19.9. The average molecular weight is 170 g/mol. The Morgan fingerprint density at radius 3 is 2.18 bits per heavy atom. The predicted molar refractivity (Wildman–Crippen MR) is 42.5 cm³/mol. The molecule has 0 saturated carbocycles. The van der Waals surface area contributed by atoms with E-state index in [9.17, 15) is 4.57 Å². The van der Waals surface area contributed by atoms with Crippen LogP contribution < -0.4 is 0 Å². The molecule has 0 aromatic rings. The van der Waals surface area contributed by atoms with Crippen LogP contribution in [0.2, 0.25) is 0 Å². The van der Waals surface area contributed by atoms with Crippen molar-refractivity contribution >= 4 is 7.60 Å². The monoisotopic (exact) mass is 170 g/mol. The fourth-order valence-electron chi connectivity index (χ4n) is 0.412. The first kappa shape index (κ1) is 9.69. The van der Waals surface area contributed by atoms with Gasteiger partial charge in [-0.2, -0.15) is 0 Å². The van der Waals surface area contributed by atoms with Crippen LogP contribution in [0.1, 0.15) is 0 Å². The summed E-state index contributed by atoms with van der Waals surface area (Å²) >= 11 is 0. The minimum atomic E-state index is -3.31. The van der Waals surface area contributed by atoms with Gasteiger partial charge in [0.15, 0.2) is 0 Å². The highest BCUT2D eigenvalue weighted by Crippen LogP contribution is 2.47. The maximum atomic E-state index is 11.2. The summed E-state index contributed by atoms with van der Waals surface area (Å²) in [6, 6.07) is 0. The molecular weight excluding hydrogens is 163 g/mol. The summed E-state index contributed by atoms with van der Waals surface area (Å²) in [5, 5.41) is 0. The van der Waals surface area contributed by atoms with Crippen molar-refractivity contribution in [3.05, 3.63) is 12.7 Å². The van der Waals surface area contributed by atoms with E-state index < -0.39 is 7.60 Å². The standard InChI is InChI=1S/C7H7O3P/c1-4-7-11(8,9-5-2)10-6-3/h2-4H,1,7H2. The molecule has 0 saturated heterocycles. The van der Waals surface area contributed by atoms with Gasteiger partial charge in [-0.05, 0) is 0 Å². The summed E-state index contributed by atoms with van der Waals surface area (Å²) in [5.41, 5.74) is 0. The van der Waals surface area contributed by atoms with Crippen LogP contribution in [-0.2, 0) is 13.6 Å². The Balaban J connectivity index is 4.30. The van der Waals surface area contributed by atoms with E-state index in [1.54, 1.807) is 12.2 Å². The van der Waals surface area contributed by atoms with E-state index in [2.05, 4.69) is 15.6 Å². The van der Waals surface area contributed by atoms with E-state index in [0.717, 1.165) is 0 Å². The molecule has 11 heavy (non-hydrogen) atoms. The van der Waals surface area contributed by atoms with Crippen LogP contribution in [0.4, 0.5) is 0 Å². The lowest BCUT2D eigenvalue weighted by molar-refractivity contribution is 0.358. The molecule has 0 heterocycles. The van der Waals surface area contributed by atoms with E-state index >= 15 is 0 Å². The molecule has 0 aliphatic heterocycles. The fourth-order valence-corrected chi connectivity index (χ4v) is 1.24. The smallest absolute Gasteiger partial charge is 0.362 e. The first-order valence-corrected chi connectivity index (χ1v) is 4.39. The minimum absolute atomic E-state index is 0.00139. The van der Waals surface area contributed by atoms with Crippen LogP contribution in [0.3, 0.4) is 0 Å². The van der Waals surface area contributed by atoms with Crippen LogP contribution in [0.15, 0.2) is 12.7 Å². The van der Waals surface area contributed by atoms with Crippen molar-refractivity contribution in [2.24, 2.45) is 0 Å². The molecule has 4 heteroatoms. The Bertz CT molecular complexity index is 236. The third-order valence-corrected chi connectivity index (χ3v) is 2.21. The summed E-state index contributed by atoms with van der Waals surface area (Å²) in [6.07, 6.45) is 14.3. The number of terminal acetylenes is 2. The lowest BCUT2D eigenvalue weighted by Gasteiger charge is -2.08. The molecule has 0 aromatic carbocycles. The second-order valence-corrected chi connectivity index (χ2v) is 3.45. The molecule has 0 aliphatic carbocycles. The predicted octanol–water partition coefficient (Wildman–Crippen LogP) is 1.58. The zero-order valence-corrected chi connectivity index (χ0v) is 6.71. The summed E-state index contributed by atoms with van der Waals surface area (Å²) in [5.74, 6) is 0. The van der Waals surface area contributed by atoms with Crippen LogP contribution in [0.25, 0.3) is 0 Å². The van der Waals surface area contributed by atoms with E-state index in [-0.39, 0.29) is 6.16 Å². The molecule has 0 fully saturated rings. The minimum Gasteiger partial charge on any atom is -0.362 e. The number of rotatable bonds is 4. The number of hydrogen-bond donors (Lipinski definition) is 0. The second-order valence-electron chi connectivity index (χ2n) is 1.50. The first-order chi connectivity index (χ1) is 5.18. The van der Waals surface area contributed by atoms with Crippen molar-refractivity contribution in [1.82, 2.24) is 0 Å². The highest BCUT2D eigenvalue weighted by molar-refractivity contribution is 7.54. The molecule has 58 valence electrons. The van der Waals surface area contributed by atoms with Crippen molar-refractivity contribution in [2.75, 3.05) is 6.16 Å². The van der Waals surface area contributed by atoms with Gasteiger partial charge in [0.05, 0.1) is 6.16 Å². The van der Waals surface area contributed by atoms with Crippen LogP contribution >= 0.6 is 7.60 Å². The molecule has 0 N–H and O–H groups in total. The van der Waals surface area contributed by atoms with Crippen molar-refractivity contribution in [3.8, 4) is 25.1 Å². The average Bonchev–Trinajstić information content (AvgIpc) is 1.88. The van der Waals surface area contributed by atoms with Crippen LogP contribution in [0.5, 0.6) is 0 Å². The van der Waals surface area contributed by atoms with Gasteiger partial charge in [-0.3, -0.25) is 0 Å². The molecular formula is C7H7O3P. The first-order valence-electron chi connectivity index (χ1n) is 2.67. The molecule has 0 aliphatic rings. The topological polar surface area (TPSA) is 35.5 Å². The summed E-state index contributed by atoms with van der Waals surface area (Å²) in [4.78, 5) is 0. The Kier molecular flexibility index (Phi) is 3.96. The van der Waals surface area contributed by atoms with Crippen molar-refractivity contribution in [3.63, 3.8) is 0 Å². The Morgan fingerprint density at radius 2 is 1.91 bits per heavy atom. The Hall–Kier alpha value is -1.31. The largest absolute Gasteiger partial charge is 0.450 e. The SMILES string of the molecule is C#COP(=O)(CC=C)OC#C. The second kappa shape index (κ2) is 4.50. The third kappa shape index (κ3) is 3.40. The summed E-state index contributed by atoms with van der Waals surface area (Å²) in [6.45, 7) is 3.34. The molecule has 0 atom stereocenters. The maximum Gasteiger partial charge on any atom is 0.450 e. The van der Waals surface area contributed by atoms with Gasteiger partial charge in [0, 0.05) is 0 Å². The van der Waals surface area contributed by atoms with Crippen molar-refractivity contribution in [2.45, 2.75) is 0 Å². The maximum absolute atomic E-state index is 11.2. The molecule has 0 bridgehead atoms. The van der Waals surface area contributed by atoms with Gasteiger partial charge in [0.25, 0.3) is 0 Å². The van der Waals surface area contributed by atoms with E-state index in [1.807, 2.05) is 0 Å². The van der Waals surface area contributed by atoms with Gasteiger partial charge in [-0.1, -0.05) is 18.9 Å². The molecule has 3 nitrogen and oxygen atoms in total. The third-order valence-electron chi connectivity index (χ3n) is 0.736. The normalized spacial score (nSPS) is 8.91. The lowest BCUT2D eigenvalue weighted by Crippen LogP contribution is -1.90. The molecule has 0 radical (unpaired) electrons. The van der Waals surface area contributed by atoms with Crippen molar-refractivity contribution in [1.29, 1.82) is 0 Å². The van der Waals surface area contributed by atoms with Crippen LogP contribution in [-0.4, -0.2) is 6.16 Å². The van der Waals surface area contributed by atoms with E-state index in [1.165, 1.54) is 6.08 Å². The molecule has 0 amide bonds. The highest BCUT2D eigenvalue weighted by Gasteiger charge is 2.23. The lowest BCUT2D eigenvalue weighted by atomic mass is 10.8. The van der Waals surface area contributed by atoms with Gasteiger partial charge >= 0.3 is 7.60 Å². The van der Waals surface area contributed by atoms with E-state index in [4.69, 9.17) is 12.8 Å². The molecule has 0 spiro atoms. The molecule has 0 unspecified atom stereocenters. The van der Waals surface area contributed by atoms with Crippen molar-refractivity contribution < 1.29 is 13.6 Å². The zero-order valence-electron chi connectivity index (χ0n) is 5.82. The fraction of sp³-hybridized carbons (Fsp3) is 0.143. The Morgan fingerprint density at radius 1 is 1.45 bits per heavy atom. The molecule has 0 aromatic heterocycles.